The first-order valence-corrected chi connectivity index (χ1v) is 5.92. The SMILES string of the molecule is CC(=O)C(Cl)c1cc(Br)ccc1C(O)C(=O)O. The lowest BCUT2D eigenvalue weighted by Crippen LogP contribution is -2.15. The van der Waals surface area contributed by atoms with Crippen LogP contribution in [0.4, 0.5) is 0 Å². The summed E-state index contributed by atoms with van der Waals surface area (Å²) < 4.78 is 0.653. The van der Waals surface area contributed by atoms with Gasteiger partial charge in [-0.05, 0) is 30.2 Å². The lowest BCUT2D eigenvalue weighted by atomic mass is 9.98. The molecule has 2 atom stereocenters. The third-order valence-corrected chi connectivity index (χ3v) is 3.24. The quantitative estimate of drug-likeness (QED) is 0.835. The maximum Gasteiger partial charge on any atom is 0.337 e. The lowest BCUT2D eigenvalue weighted by Gasteiger charge is -2.15. The molecule has 0 spiro atoms. The van der Waals surface area contributed by atoms with Crippen LogP contribution < -0.4 is 0 Å². The summed E-state index contributed by atoms with van der Waals surface area (Å²) in [6.07, 6.45) is -1.70. The molecule has 1 aromatic rings. The number of carboxylic acid groups (broad SMARTS) is 1. The average molecular weight is 322 g/mol. The molecule has 0 amide bonds. The molecule has 4 nitrogen and oxygen atoms in total. The van der Waals surface area contributed by atoms with Crippen molar-refractivity contribution in [3.8, 4) is 0 Å². The Balaban J connectivity index is 3.30. The fourth-order valence-electron chi connectivity index (χ4n) is 1.37. The molecule has 1 rings (SSSR count). The van der Waals surface area contributed by atoms with Gasteiger partial charge in [0.1, 0.15) is 5.38 Å². The minimum atomic E-state index is -1.70. The number of carbonyl (C=O) groups is 2. The number of carbonyl (C=O) groups excluding carboxylic acids is 1. The number of benzene rings is 1. The molecule has 0 aliphatic rings. The van der Waals surface area contributed by atoms with Crippen molar-refractivity contribution in [2.24, 2.45) is 0 Å². The molecule has 0 radical (unpaired) electrons. The van der Waals surface area contributed by atoms with Crippen molar-refractivity contribution in [1.29, 1.82) is 0 Å². The molecular formula is C11H10BrClO4. The molecule has 1 aromatic carbocycles. The molecule has 2 N–H and O–H groups in total. The first-order valence-electron chi connectivity index (χ1n) is 4.69. The van der Waals surface area contributed by atoms with E-state index in [1.54, 1.807) is 6.07 Å². The molecular weight excluding hydrogens is 311 g/mol. The van der Waals surface area contributed by atoms with Gasteiger partial charge in [0.15, 0.2) is 11.9 Å². The minimum Gasteiger partial charge on any atom is -0.479 e. The number of hydrogen-bond acceptors (Lipinski definition) is 3. The van der Waals surface area contributed by atoms with E-state index >= 15 is 0 Å². The topological polar surface area (TPSA) is 74.6 Å². The zero-order chi connectivity index (χ0) is 13.2. The molecule has 0 fully saturated rings. The fraction of sp³-hybridized carbons (Fsp3) is 0.273. The van der Waals surface area contributed by atoms with Gasteiger partial charge in [0, 0.05) is 4.47 Å². The van der Waals surface area contributed by atoms with Crippen LogP contribution in [-0.2, 0) is 9.59 Å². The molecule has 0 saturated carbocycles. The van der Waals surface area contributed by atoms with E-state index in [0.717, 1.165) is 0 Å². The molecule has 0 aromatic heterocycles. The van der Waals surface area contributed by atoms with E-state index < -0.39 is 17.5 Å². The predicted molar refractivity (Wildman–Crippen MR) is 66.0 cm³/mol. The van der Waals surface area contributed by atoms with E-state index in [1.807, 2.05) is 0 Å². The third kappa shape index (κ3) is 3.28. The Kier molecular flexibility index (Phi) is 4.68. The number of ketones is 1. The summed E-state index contributed by atoms with van der Waals surface area (Å²) in [5, 5.41) is 17.3. The van der Waals surface area contributed by atoms with Crippen molar-refractivity contribution in [2.75, 3.05) is 0 Å². The summed E-state index contributed by atoms with van der Waals surface area (Å²) in [4.78, 5) is 22.0. The normalized spacial score (nSPS) is 14.1. The molecule has 2 unspecified atom stereocenters. The molecule has 0 bridgehead atoms. The van der Waals surface area contributed by atoms with Gasteiger partial charge in [-0.3, -0.25) is 4.79 Å². The molecule has 0 heterocycles. The van der Waals surface area contributed by atoms with Crippen LogP contribution in [0.25, 0.3) is 0 Å². The van der Waals surface area contributed by atoms with Crippen LogP contribution >= 0.6 is 27.5 Å². The molecule has 0 aliphatic heterocycles. The van der Waals surface area contributed by atoms with Gasteiger partial charge in [-0.25, -0.2) is 4.79 Å². The second-order valence-corrected chi connectivity index (χ2v) is 4.84. The van der Waals surface area contributed by atoms with Crippen molar-refractivity contribution < 1.29 is 19.8 Å². The minimum absolute atomic E-state index is 0.121. The van der Waals surface area contributed by atoms with Crippen LogP contribution in [0.5, 0.6) is 0 Å². The Hall–Kier alpha value is -0.910. The van der Waals surface area contributed by atoms with Crippen LogP contribution in [-0.4, -0.2) is 22.0 Å². The van der Waals surface area contributed by atoms with Gasteiger partial charge in [0.2, 0.25) is 0 Å². The summed E-state index contributed by atoms with van der Waals surface area (Å²) in [5.41, 5.74) is 0.416. The first kappa shape index (κ1) is 14.2. The molecule has 92 valence electrons. The average Bonchev–Trinajstić information content (AvgIpc) is 2.26. The van der Waals surface area contributed by atoms with Crippen LogP contribution in [0.15, 0.2) is 22.7 Å². The number of carboxylic acids is 1. The second kappa shape index (κ2) is 5.62. The van der Waals surface area contributed by atoms with Gasteiger partial charge < -0.3 is 10.2 Å². The summed E-state index contributed by atoms with van der Waals surface area (Å²) in [6.45, 7) is 1.30. The Morgan fingerprint density at radius 1 is 1.35 bits per heavy atom. The largest absolute Gasteiger partial charge is 0.479 e. The Morgan fingerprint density at radius 2 is 1.94 bits per heavy atom. The molecule has 0 saturated heterocycles. The monoisotopic (exact) mass is 320 g/mol. The van der Waals surface area contributed by atoms with Crippen LogP contribution in [0, 0.1) is 0 Å². The maximum absolute atomic E-state index is 11.2. The number of aliphatic hydroxyl groups is 1. The summed E-state index contributed by atoms with van der Waals surface area (Å²) in [7, 11) is 0. The Morgan fingerprint density at radius 3 is 2.41 bits per heavy atom. The Labute approximate surface area is 111 Å². The van der Waals surface area contributed by atoms with Crippen LogP contribution in [0.3, 0.4) is 0 Å². The smallest absolute Gasteiger partial charge is 0.337 e. The summed E-state index contributed by atoms with van der Waals surface area (Å²) >= 11 is 9.09. The van der Waals surface area contributed by atoms with E-state index in [-0.39, 0.29) is 11.3 Å². The highest BCUT2D eigenvalue weighted by atomic mass is 79.9. The van der Waals surface area contributed by atoms with Crippen molar-refractivity contribution in [3.05, 3.63) is 33.8 Å². The number of aliphatic hydroxyl groups excluding tert-OH is 1. The zero-order valence-corrected chi connectivity index (χ0v) is 11.2. The van der Waals surface area contributed by atoms with Gasteiger partial charge in [0.25, 0.3) is 0 Å². The van der Waals surface area contributed by atoms with E-state index in [0.29, 0.717) is 10.0 Å². The fourth-order valence-corrected chi connectivity index (χ4v) is 1.93. The van der Waals surface area contributed by atoms with E-state index in [9.17, 15) is 14.7 Å². The Bertz CT molecular complexity index is 461. The van der Waals surface area contributed by atoms with E-state index in [1.165, 1.54) is 19.1 Å². The number of halogens is 2. The summed E-state index contributed by atoms with van der Waals surface area (Å²) in [6, 6.07) is 4.53. The second-order valence-electron chi connectivity index (χ2n) is 3.49. The highest BCUT2D eigenvalue weighted by Gasteiger charge is 2.25. The first-order chi connectivity index (χ1) is 7.84. The standard InChI is InChI=1S/C11H10BrClO4/c1-5(14)9(13)8-4-6(12)2-3-7(8)10(15)11(16)17/h2-4,9-10,15H,1H3,(H,16,17). The number of Topliss-reactive ketones (excluding diaryl/α,β-unsaturated/α-hetero) is 1. The highest BCUT2D eigenvalue weighted by Crippen LogP contribution is 2.31. The number of aliphatic carboxylic acids is 1. The predicted octanol–water partition coefficient (Wildman–Crippen LogP) is 2.44. The molecule has 17 heavy (non-hydrogen) atoms. The maximum atomic E-state index is 11.2. The number of rotatable bonds is 4. The third-order valence-electron chi connectivity index (χ3n) is 2.21. The molecule has 6 heteroatoms. The highest BCUT2D eigenvalue weighted by molar-refractivity contribution is 9.10. The van der Waals surface area contributed by atoms with Gasteiger partial charge >= 0.3 is 5.97 Å². The number of alkyl halides is 1. The van der Waals surface area contributed by atoms with Gasteiger partial charge in [-0.1, -0.05) is 22.0 Å². The van der Waals surface area contributed by atoms with E-state index in [4.69, 9.17) is 16.7 Å². The molecule has 0 aliphatic carbocycles. The van der Waals surface area contributed by atoms with Crippen molar-refractivity contribution in [1.82, 2.24) is 0 Å². The van der Waals surface area contributed by atoms with Crippen molar-refractivity contribution in [3.63, 3.8) is 0 Å². The van der Waals surface area contributed by atoms with Gasteiger partial charge in [-0.2, -0.15) is 0 Å². The zero-order valence-electron chi connectivity index (χ0n) is 8.85. The number of hydrogen-bond donors (Lipinski definition) is 2. The van der Waals surface area contributed by atoms with Gasteiger partial charge in [0.05, 0.1) is 0 Å². The van der Waals surface area contributed by atoms with Gasteiger partial charge in [-0.15, -0.1) is 11.6 Å². The lowest BCUT2D eigenvalue weighted by molar-refractivity contribution is -0.147. The van der Waals surface area contributed by atoms with Crippen LogP contribution in [0.1, 0.15) is 29.5 Å². The van der Waals surface area contributed by atoms with Crippen molar-refractivity contribution >= 4 is 39.3 Å². The van der Waals surface area contributed by atoms with Crippen LogP contribution in [0.2, 0.25) is 0 Å². The van der Waals surface area contributed by atoms with E-state index in [2.05, 4.69) is 15.9 Å². The summed E-state index contributed by atoms with van der Waals surface area (Å²) in [5.74, 6) is -1.70. The van der Waals surface area contributed by atoms with Crippen molar-refractivity contribution in [2.45, 2.75) is 18.4 Å².